The van der Waals surface area contributed by atoms with E-state index in [4.69, 9.17) is 4.74 Å². The Balaban J connectivity index is 1.65. The fraction of sp³-hybridized carbons (Fsp3) is 0.333. The molecule has 0 fully saturated rings. The van der Waals surface area contributed by atoms with Crippen LogP contribution in [-0.4, -0.2) is 26.5 Å². The van der Waals surface area contributed by atoms with E-state index in [0.717, 1.165) is 41.8 Å². The molecule has 3 aromatic rings. The third-order valence-corrected chi connectivity index (χ3v) is 4.02. The summed E-state index contributed by atoms with van der Waals surface area (Å²) in [5.41, 5.74) is 1.13. The van der Waals surface area contributed by atoms with Crippen LogP contribution in [0, 0.1) is 6.92 Å². The second-order valence-electron chi connectivity index (χ2n) is 6.51. The van der Waals surface area contributed by atoms with Crippen LogP contribution in [0.5, 0.6) is 5.75 Å². The Hall–Kier alpha value is -3.22. The van der Waals surface area contributed by atoms with Crippen LogP contribution in [0.3, 0.4) is 0 Å². The van der Waals surface area contributed by atoms with Crippen molar-refractivity contribution in [2.75, 3.05) is 17.2 Å². The molecule has 28 heavy (non-hydrogen) atoms. The van der Waals surface area contributed by atoms with Crippen molar-refractivity contribution in [3.05, 3.63) is 66.0 Å². The van der Waals surface area contributed by atoms with Gasteiger partial charge >= 0.3 is 0 Å². The minimum Gasteiger partial charge on any atom is -0.494 e. The summed E-state index contributed by atoms with van der Waals surface area (Å²) in [4.78, 5) is 17.5. The number of anilines is 2. The molecule has 0 aliphatic carbocycles. The number of hydrogen-bond acceptors (Lipinski definition) is 7. The van der Waals surface area contributed by atoms with Crippen LogP contribution in [-0.2, 0) is 6.54 Å². The van der Waals surface area contributed by atoms with Gasteiger partial charge in [-0.3, -0.25) is 0 Å². The zero-order valence-corrected chi connectivity index (χ0v) is 16.5. The molecule has 0 aliphatic rings. The second-order valence-corrected chi connectivity index (χ2v) is 6.51. The van der Waals surface area contributed by atoms with Crippen LogP contribution in [0.25, 0.3) is 0 Å². The van der Waals surface area contributed by atoms with Crippen LogP contribution in [0.1, 0.15) is 43.5 Å². The first-order valence-corrected chi connectivity index (χ1v) is 9.49. The van der Waals surface area contributed by atoms with Gasteiger partial charge in [-0.1, -0.05) is 19.1 Å². The van der Waals surface area contributed by atoms with Gasteiger partial charge in [0.2, 0.25) is 0 Å². The summed E-state index contributed by atoms with van der Waals surface area (Å²) in [5.74, 6) is 3.79. The summed E-state index contributed by atoms with van der Waals surface area (Å²) in [6.45, 7) is 7.34. The minimum atomic E-state index is -0.0595. The maximum absolute atomic E-state index is 5.70. The zero-order valence-electron chi connectivity index (χ0n) is 16.5. The highest BCUT2D eigenvalue weighted by molar-refractivity contribution is 5.48. The van der Waals surface area contributed by atoms with Gasteiger partial charge in [-0.2, -0.15) is 0 Å². The normalized spacial score (nSPS) is 11.7. The topological polar surface area (TPSA) is 84.9 Å². The summed E-state index contributed by atoms with van der Waals surface area (Å²) in [6, 6.07) is 11.7. The minimum absolute atomic E-state index is 0.0595. The SMILES string of the molecule is CCCOc1cccc(CNc2cc(NC(C)c3ncccn3)nc(C)n2)c1. The number of rotatable bonds is 9. The molecular formula is C21H26N6O. The van der Waals surface area contributed by atoms with Crippen LogP contribution >= 0.6 is 0 Å². The molecular weight excluding hydrogens is 352 g/mol. The lowest BCUT2D eigenvalue weighted by molar-refractivity contribution is 0.317. The monoisotopic (exact) mass is 378 g/mol. The van der Waals surface area contributed by atoms with Gasteiger partial charge in [-0.25, -0.2) is 19.9 Å². The number of aromatic nitrogens is 4. The van der Waals surface area contributed by atoms with Gasteiger partial charge in [0.25, 0.3) is 0 Å². The molecule has 1 unspecified atom stereocenters. The molecule has 7 nitrogen and oxygen atoms in total. The molecule has 0 bridgehead atoms. The van der Waals surface area contributed by atoms with Gasteiger partial charge in [0.15, 0.2) is 0 Å². The van der Waals surface area contributed by atoms with E-state index in [1.165, 1.54) is 0 Å². The fourth-order valence-corrected chi connectivity index (χ4v) is 2.71. The van der Waals surface area contributed by atoms with E-state index in [-0.39, 0.29) is 6.04 Å². The first-order chi connectivity index (χ1) is 13.6. The highest BCUT2D eigenvalue weighted by atomic mass is 16.5. The lowest BCUT2D eigenvalue weighted by Gasteiger charge is -2.15. The summed E-state index contributed by atoms with van der Waals surface area (Å²) in [7, 11) is 0. The van der Waals surface area contributed by atoms with Crippen molar-refractivity contribution in [1.82, 2.24) is 19.9 Å². The quantitative estimate of drug-likeness (QED) is 0.578. The molecule has 7 heteroatoms. The van der Waals surface area contributed by atoms with Crippen LogP contribution in [0.15, 0.2) is 48.8 Å². The number of nitrogens with zero attached hydrogens (tertiary/aromatic N) is 4. The second kappa shape index (κ2) is 9.64. The Morgan fingerprint density at radius 2 is 1.82 bits per heavy atom. The Bertz CT molecular complexity index is 887. The van der Waals surface area contributed by atoms with Gasteiger partial charge in [0.05, 0.1) is 12.6 Å². The average molecular weight is 378 g/mol. The lowest BCUT2D eigenvalue weighted by atomic mass is 10.2. The molecule has 0 amide bonds. The molecule has 0 spiro atoms. The molecule has 2 N–H and O–H groups in total. The first kappa shape index (κ1) is 19.5. The van der Waals surface area contributed by atoms with E-state index in [1.54, 1.807) is 18.5 Å². The number of hydrogen-bond donors (Lipinski definition) is 2. The van der Waals surface area contributed by atoms with E-state index < -0.39 is 0 Å². The van der Waals surface area contributed by atoms with Gasteiger partial charge in [-0.15, -0.1) is 0 Å². The van der Waals surface area contributed by atoms with Crippen molar-refractivity contribution in [3.8, 4) is 5.75 Å². The zero-order chi connectivity index (χ0) is 19.8. The molecule has 2 aromatic heterocycles. The van der Waals surface area contributed by atoms with E-state index in [2.05, 4.69) is 43.6 Å². The van der Waals surface area contributed by atoms with Crippen molar-refractivity contribution in [3.63, 3.8) is 0 Å². The lowest BCUT2D eigenvalue weighted by Crippen LogP contribution is -2.12. The van der Waals surface area contributed by atoms with Crippen molar-refractivity contribution < 1.29 is 4.74 Å². The van der Waals surface area contributed by atoms with E-state index >= 15 is 0 Å². The maximum atomic E-state index is 5.70. The standard InChI is InChI=1S/C21H26N6O/c1-4-11-28-18-8-5-7-17(12-18)14-24-19-13-20(27-16(3)26-19)25-15(2)21-22-9-6-10-23-21/h5-10,12-13,15H,4,11,14H2,1-3H3,(H2,24,25,26,27). The molecule has 2 heterocycles. The predicted molar refractivity (Wildman–Crippen MR) is 110 cm³/mol. The largest absolute Gasteiger partial charge is 0.494 e. The molecule has 146 valence electrons. The maximum Gasteiger partial charge on any atom is 0.150 e. The Labute approximate surface area is 165 Å². The number of aryl methyl sites for hydroxylation is 1. The highest BCUT2D eigenvalue weighted by Gasteiger charge is 2.10. The third-order valence-electron chi connectivity index (χ3n) is 4.02. The summed E-state index contributed by atoms with van der Waals surface area (Å²) in [6.07, 6.45) is 4.46. The van der Waals surface area contributed by atoms with Gasteiger partial charge in [0.1, 0.15) is 29.0 Å². The van der Waals surface area contributed by atoms with Crippen LogP contribution in [0.2, 0.25) is 0 Å². The molecule has 1 atom stereocenters. The van der Waals surface area contributed by atoms with Crippen molar-refractivity contribution in [1.29, 1.82) is 0 Å². The third kappa shape index (κ3) is 5.64. The molecule has 0 saturated carbocycles. The number of ether oxygens (including phenoxy) is 1. The summed E-state index contributed by atoms with van der Waals surface area (Å²) in [5, 5.41) is 6.69. The van der Waals surface area contributed by atoms with E-state index in [9.17, 15) is 0 Å². The van der Waals surface area contributed by atoms with Crippen molar-refractivity contribution in [2.45, 2.75) is 39.8 Å². The first-order valence-electron chi connectivity index (χ1n) is 9.49. The van der Waals surface area contributed by atoms with Crippen molar-refractivity contribution >= 4 is 11.6 Å². The predicted octanol–water partition coefficient (Wildman–Crippen LogP) is 4.15. The molecule has 0 saturated heterocycles. The smallest absolute Gasteiger partial charge is 0.150 e. The fourth-order valence-electron chi connectivity index (χ4n) is 2.71. The molecule has 1 aromatic carbocycles. The summed E-state index contributed by atoms with van der Waals surface area (Å²) >= 11 is 0. The number of nitrogens with one attached hydrogen (secondary N) is 2. The van der Waals surface area contributed by atoms with Crippen molar-refractivity contribution in [2.24, 2.45) is 0 Å². The summed E-state index contributed by atoms with van der Waals surface area (Å²) < 4.78 is 5.70. The van der Waals surface area contributed by atoms with E-state index in [0.29, 0.717) is 12.4 Å². The van der Waals surface area contributed by atoms with Gasteiger partial charge in [-0.05, 0) is 44.0 Å². The number of benzene rings is 1. The molecule has 0 aliphatic heterocycles. The van der Waals surface area contributed by atoms with E-state index in [1.807, 2.05) is 38.1 Å². The Kier molecular flexibility index (Phi) is 6.73. The van der Waals surface area contributed by atoms with Gasteiger partial charge in [0, 0.05) is 25.0 Å². The van der Waals surface area contributed by atoms with Crippen LogP contribution < -0.4 is 15.4 Å². The highest BCUT2D eigenvalue weighted by Crippen LogP contribution is 2.19. The Morgan fingerprint density at radius 3 is 2.61 bits per heavy atom. The van der Waals surface area contributed by atoms with Crippen LogP contribution in [0.4, 0.5) is 11.6 Å². The van der Waals surface area contributed by atoms with Gasteiger partial charge < -0.3 is 15.4 Å². The Morgan fingerprint density at radius 1 is 1.04 bits per heavy atom. The molecule has 3 rings (SSSR count). The average Bonchev–Trinajstić information content (AvgIpc) is 2.71. The molecule has 0 radical (unpaired) electrons.